The third-order valence-electron chi connectivity index (χ3n) is 7.33. The van der Waals surface area contributed by atoms with Gasteiger partial charge in [0.2, 0.25) is 10.0 Å². The van der Waals surface area contributed by atoms with Crippen LogP contribution >= 0.6 is 0 Å². The van der Waals surface area contributed by atoms with Gasteiger partial charge in [0.25, 0.3) is 0 Å². The monoisotopic (exact) mass is 464 g/mol. The Morgan fingerprint density at radius 1 is 1.16 bits per heavy atom. The minimum atomic E-state index is -3.18. The summed E-state index contributed by atoms with van der Waals surface area (Å²) in [5.74, 6) is 0.770. The minimum absolute atomic E-state index is 0.149. The van der Waals surface area contributed by atoms with E-state index in [1.807, 2.05) is 6.07 Å². The fraction of sp³-hybridized carbons (Fsp3) is 0.720. The van der Waals surface area contributed by atoms with Crippen LogP contribution in [0, 0.1) is 5.92 Å². The highest BCUT2D eigenvalue weighted by Crippen LogP contribution is 2.32. The van der Waals surface area contributed by atoms with Crippen molar-refractivity contribution >= 4 is 16.0 Å². The Morgan fingerprint density at radius 2 is 1.88 bits per heavy atom. The van der Waals surface area contributed by atoms with Crippen molar-refractivity contribution in [2.24, 2.45) is 5.92 Å². The molecular weight excluding hydrogens is 424 g/mol. The van der Waals surface area contributed by atoms with E-state index in [-0.39, 0.29) is 11.9 Å². The predicted octanol–water partition coefficient (Wildman–Crippen LogP) is 3.94. The minimum Gasteiger partial charge on any atom is -0.469 e. The van der Waals surface area contributed by atoms with E-state index >= 15 is 0 Å². The van der Waals surface area contributed by atoms with Gasteiger partial charge >= 0.3 is 5.97 Å². The number of sulfonamides is 1. The molecule has 0 saturated carbocycles. The first-order chi connectivity index (χ1) is 15.2. The number of piperidine rings is 1. The van der Waals surface area contributed by atoms with Crippen LogP contribution < -0.4 is 0 Å². The average molecular weight is 465 g/mol. The van der Waals surface area contributed by atoms with Crippen molar-refractivity contribution in [1.82, 2.24) is 9.21 Å². The molecule has 0 aromatic heterocycles. The van der Waals surface area contributed by atoms with Gasteiger partial charge in [-0.3, -0.25) is 4.79 Å². The van der Waals surface area contributed by atoms with Crippen molar-refractivity contribution < 1.29 is 17.9 Å². The summed E-state index contributed by atoms with van der Waals surface area (Å²) in [4.78, 5) is 14.7. The van der Waals surface area contributed by atoms with Crippen molar-refractivity contribution in [3.63, 3.8) is 0 Å². The Morgan fingerprint density at radius 3 is 2.50 bits per heavy atom. The zero-order valence-electron chi connectivity index (χ0n) is 20.2. The third kappa shape index (κ3) is 6.78. The van der Waals surface area contributed by atoms with Gasteiger partial charge in [-0.05, 0) is 81.1 Å². The van der Waals surface area contributed by atoms with E-state index in [1.54, 1.807) is 0 Å². The van der Waals surface area contributed by atoms with Crippen molar-refractivity contribution in [3.8, 4) is 0 Å². The summed E-state index contributed by atoms with van der Waals surface area (Å²) in [5.41, 5.74) is 3.45. The quantitative estimate of drug-likeness (QED) is 0.518. The molecule has 0 amide bonds. The van der Waals surface area contributed by atoms with Gasteiger partial charge in [-0.15, -0.1) is 0 Å². The molecule has 1 atom stereocenters. The van der Waals surface area contributed by atoms with Crippen molar-refractivity contribution in [3.05, 3.63) is 34.9 Å². The zero-order valence-corrected chi connectivity index (χ0v) is 21.0. The number of hydrogen-bond donors (Lipinski definition) is 0. The van der Waals surface area contributed by atoms with Crippen LogP contribution in [0.1, 0.15) is 75.0 Å². The highest BCUT2D eigenvalue weighted by Gasteiger charge is 2.25. The summed E-state index contributed by atoms with van der Waals surface area (Å²) >= 11 is 0. The first-order valence-electron chi connectivity index (χ1n) is 12.0. The molecular formula is C25H40N2O4S. The van der Waals surface area contributed by atoms with Crippen molar-refractivity contribution in [2.45, 2.75) is 77.3 Å². The molecule has 32 heavy (non-hydrogen) atoms. The molecule has 0 bridgehead atoms. The number of carbonyl (C=O) groups excluding carboxylic acids is 1. The zero-order chi connectivity index (χ0) is 23.3. The van der Waals surface area contributed by atoms with E-state index in [0.717, 1.165) is 30.7 Å². The Hall–Kier alpha value is -1.44. The highest BCUT2D eigenvalue weighted by atomic mass is 32.2. The van der Waals surface area contributed by atoms with Crippen LogP contribution in [0.25, 0.3) is 0 Å². The lowest BCUT2D eigenvalue weighted by Gasteiger charge is -2.34. The van der Waals surface area contributed by atoms with E-state index in [9.17, 15) is 13.2 Å². The topological polar surface area (TPSA) is 66.9 Å². The maximum Gasteiger partial charge on any atom is 0.306 e. The fourth-order valence-electron chi connectivity index (χ4n) is 5.17. The largest absolute Gasteiger partial charge is 0.469 e. The number of carbonyl (C=O) groups is 1. The molecule has 0 spiro atoms. The molecule has 180 valence electrons. The normalized spacial score (nSPS) is 19.7. The molecule has 1 saturated heterocycles. The second-order valence-corrected chi connectivity index (χ2v) is 11.8. The van der Waals surface area contributed by atoms with E-state index in [1.165, 1.54) is 61.1 Å². The number of benzene rings is 1. The summed E-state index contributed by atoms with van der Waals surface area (Å²) in [6.07, 6.45) is 8.25. The van der Waals surface area contributed by atoms with Crippen LogP contribution in [-0.2, 0) is 32.5 Å². The summed E-state index contributed by atoms with van der Waals surface area (Å²) in [6, 6.07) is 6.96. The van der Waals surface area contributed by atoms with Gasteiger partial charge < -0.3 is 9.64 Å². The number of fused-ring (bicyclic) bond motifs is 1. The van der Waals surface area contributed by atoms with Crippen LogP contribution in [0.5, 0.6) is 0 Å². The number of nitrogens with zero attached hydrogens (tertiary/aromatic N) is 2. The molecule has 1 aromatic rings. The van der Waals surface area contributed by atoms with Gasteiger partial charge in [-0.2, -0.15) is 4.31 Å². The number of rotatable bonds is 9. The SMILES string of the molecule is COC(=O)CC(CCCC1CCN(C(C)C)CC1)c1ccc2c(c1)CCN(S(C)(=O)=O)C2. The van der Waals surface area contributed by atoms with Gasteiger partial charge in [0.15, 0.2) is 0 Å². The van der Waals surface area contributed by atoms with E-state index in [2.05, 4.69) is 30.9 Å². The van der Waals surface area contributed by atoms with Gasteiger partial charge in [-0.1, -0.05) is 31.0 Å². The lowest BCUT2D eigenvalue weighted by molar-refractivity contribution is -0.141. The summed E-state index contributed by atoms with van der Waals surface area (Å²) in [6.45, 7) is 7.90. The molecule has 2 aliphatic rings. The number of hydrogen-bond acceptors (Lipinski definition) is 5. The summed E-state index contributed by atoms with van der Waals surface area (Å²) < 4.78 is 30.3. The predicted molar refractivity (Wildman–Crippen MR) is 128 cm³/mol. The van der Waals surface area contributed by atoms with E-state index in [0.29, 0.717) is 25.6 Å². The lowest BCUT2D eigenvalue weighted by atomic mass is 9.84. The van der Waals surface area contributed by atoms with Gasteiger partial charge in [0.05, 0.1) is 19.8 Å². The van der Waals surface area contributed by atoms with Crippen LogP contribution in [0.3, 0.4) is 0 Å². The molecule has 0 N–H and O–H groups in total. The van der Waals surface area contributed by atoms with Gasteiger partial charge in [-0.25, -0.2) is 8.42 Å². The standard InChI is InChI=1S/C25H40N2O4S/c1-19(2)26-13-10-20(11-14-26)6-5-7-21(17-25(28)31-3)22-8-9-24-18-27(32(4,29)30)15-12-23(24)16-22/h8-9,16,19-21H,5-7,10-15,17-18H2,1-4H3. The molecule has 6 nitrogen and oxygen atoms in total. The van der Waals surface area contributed by atoms with Crippen LogP contribution in [0.2, 0.25) is 0 Å². The maximum absolute atomic E-state index is 12.1. The molecule has 2 heterocycles. The summed E-state index contributed by atoms with van der Waals surface area (Å²) in [5, 5.41) is 0. The third-order valence-corrected chi connectivity index (χ3v) is 8.58. The number of ether oxygens (including phenoxy) is 1. The molecule has 7 heteroatoms. The lowest BCUT2D eigenvalue weighted by Crippen LogP contribution is -2.38. The number of esters is 1. The smallest absolute Gasteiger partial charge is 0.306 e. The molecule has 3 rings (SSSR count). The molecule has 0 radical (unpaired) electrons. The van der Waals surface area contributed by atoms with Crippen LogP contribution in [0.15, 0.2) is 18.2 Å². The highest BCUT2D eigenvalue weighted by molar-refractivity contribution is 7.88. The Kier molecular flexibility index (Phi) is 8.75. The second kappa shape index (κ2) is 11.1. The summed E-state index contributed by atoms with van der Waals surface area (Å²) in [7, 11) is -1.72. The van der Waals surface area contributed by atoms with Gasteiger partial charge in [0.1, 0.15) is 0 Å². The second-order valence-electron chi connectivity index (χ2n) is 9.86. The first kappa shape index (κ1) is 25.2. The maximum atomic E-state index is 12.1. The van der Waals surface area contributed by atoms with Gasteiger partial charge in [0, 0.05) is 19.1 Å². The molecule has 1 aromatic carbocycles. The molecule has 2 aliphatic heterocycles. The van der Waals surface area contributed by atoms with E-state index in [4.69, 9.17) is 4.74 Å². The van der Waals surface area contributed by atoms with E-state index < -0.39 is 10.0 Å². The van der Waals surface area contributed by atoms with Crippen LogP contribution in [-0.4, -0.2) is 62.6 Å². The molecule has 1 fully saturated rings. The Bertz CT molecular complexity index is 876. The Balaban J connectivity index is 1.61. The first-order valence-corrected chi connectivity index (χ1v) is 13.9. The van der Waals surface area contributed by atoms with Crippen molar-refractivity contribution in [1.29, 1.82) is 0 Å². The van der Waals surface area contributed by atoms with Crippen molar-refractivity contribution in [2.75, 3.05) is 33.0 Å². The number of methoxy groups -OCH3 is 1. The fourth-order valence-corrected chi connectivity index (χ4v) is 5.96. The molecule has 0 aliphatic carbocycles. The Labute approximate surface area is 194 Å². The number of likely N-dealkylation sites (tertiary alicyclic amines) is 1. The van der Waals surface area contributed by atoms with Crippen LogP contribution in [0.4, 0.5) is 0 Å². The average Bonchev–Trinajstić information content (AvgIpc) is 2.77. The molecule has 1 unspecified atom stereocenters.